The van der Waals surface area contributed by atoms with Crippen LogP contribution >= 0.6 is 34.8 Å². The first-order valence-corrected chi connectivity index (χ1v) is 11.7. The quantitative estimate of drug-likeness (QED) is 0.381. The zero-order valence-corrected chi connectivity index (χ0v) is 20.6. The number of aliphatic hydroxyl groups excluding tert-OH is 1. The fourth-order valence-corrected chi connectivity index (χ4v) is 4.24. The van der Waals surface area contributed by atoms with Crippen LogP contribution in [0.15, 0.2) is 65.9 Å². The fraction of sp³-hybridized carbons (Fsp3) is 0.208. The zero-order valence-electron chi connectivity index (χ0n) is 18.3. The summed E-state index contributed by atoms with van der Waals surface area (Å²) in [4.78, 5) is 17.5. The summed E-state index contributed by atoms with van der Waals surface area (Å²) in [6.45, 7) is -0.822. The molecule has 3 aromatic rings. The van der Waals surface area contributed by atoms with Gasteiger partial charge in [0.25, 0.3) is 0 Å². The number of rotatable bonds is 7. The first kappa shape index (κ1) is 26.2. The van der Waals surface area contributed by atoms with Crippen LogP contribution in [0.3, 0.4) is 0 Å². The maximum absolute atomic E-state index is 13.2. The lowest BCUT2D eigenvalue weighted by atomic mass is 10.1. The summed E-state index contributed by atoms with van der Waals surface area (Å²) in [5.41, 5.74) is 2.22. The Hall–Kier alpha value is -2.85. The molecule has 36 heavy (non-hydrogen) atoms. The van der Waals surface area contributed by atoms with Gasteiger partial charge in [0.15, 0.2) is 24.4 Å². The van der Waals surface area contributed by atoms with Crippen molar-refractivity contribution in [1.29, 1.82) is 0 Å². The summed E-state index contributed by atoms with van der Waals surface area (Å²) >= 11 is 18.4. The number of β-amino-alcohol motifs (C(OH)–C–C–N with tert-alkyl or cyclic N) is 1. The minimum absolute atomic E-state index is 0.0623. The van der Waals surface area contributed by atoms with Crippen molar-refractivity contribution >= 4 is 46.9 Å². The Morgan fingerprint density at radius 2 is 1.81 bits per heavy atom. The van der Waals surface area contributed by atoms with Crippen molar-refractivity contribution in [1.82, 2.24) is 14.9 Å². The molecule has 0 saturated heterocycles. The normalized spacial score (nSPS) is 16.8. The summed E-state index contributed by atoms with van der Waals surface area (Å²) in [5, 5.41) is 16.6. The molecule has 2 heterocycles. The van der Waals surface area contributed by atoms with Crippen LogP contribution in [-0.2, 0) is 11.3 Å². The standard InChI is InChI=1S/C24H18Cl3F3N4O2/c25-16-6-4-15(5-7-16)23-32-34(21(13-35)33(23)12-20(36)24(28,29)30)11-14-8-9-31-19(10-14)17-2-1-3-18(26)22(17)27/h1-10,13,20-21,36H,11-12H2/t20-,21?/m0/s1. The van der Waals surface area contributed by atoms with Gasteiger partial charge < -0.3 is 10.0 Å². The molecule has 1 unspecified atom stereocenters. The summed E-state index contributed by atoms with van der Waals surface area (Å²) in [6.07, 6.45) is -6.73. The van der Waals surface area contributed by atoms with Crippen molar-refractivity contribution in [2.75, 3.05) is 6.54 Å². The molecule has 188 valence electrons. The molecule has 12 heteroatoms. The van der Waals surface area contributed by atoms with Gasteiger partial charge in [0.2, 0.25) is 0 Å². The summed E-state index contributed by atoms with van der Waals surface area (Å²) in [5.74, 6) is 0.0965. The highest BCUT2D eigenvalue weighted by Gasteiger charge is 2.44. The van der Waals surface area contributed by atoms with E-state index in [1.807, 2.05) is 0 Å². The van der Waals surface area contributed by atoms with Crippen LogP contribution in [0.2, 0.25) is 15.1 Å². The van der Waals surface area contributed by atoms with Crippen LogP contribution in [0.5, 0.6) is 0 Å². The molecule has 0 bridgehead atoms. The Balaban J connectivity index is 1.68. The summed E-state index contributed by atoms with van der Waals surface area (Å²) in [7, 11) is 0. The Bertz CT molecular complexity index is 1290. The molecule has 1 aliphatic rings. The van der Waals surface area contributed by atoms with E-state index in [2.05, 4.69) is 10.1 Å². The van der Waals surface area contributed by atoms with Gasteiger partial charge in [-0.2, -0.15) is 18.3 Å². The van der Waals surface area contributed by atoms with Gasteiger partial charge in [0, 0.05) is 22.3 Å². The van der Waals surface area contributed by atoms with E-state index in [1.165, 1.54) is 5.01 Å². The number of aliphatic hydroxyl groups is 1. The minimum Gasteiger partial charge on any atom is -0.382 e. The van der Waals surface area contributed by atoms with E-state index in [0.717, 1.165) is 4.90 Å². The lowest BCUT2D eigenvalue weighted by Crippen LogP contribution is -2.49. The van der Waals surface area contributed by atoms with Crippen LogP contribution in [0, 0.1) is 0 Å². The fourth-order valence-electron chi connectivity index (χ4n) is 3.71. The van der Waals surface area contributed by atoms with Gasteiger partial charge in [0.05, 0.1) is 28.8 Å². The maximum atomic E-state index is 13.2. The number of carbonyl (C=O) groups excluding carboxylic acids is 1. The van der Waals surface area contributed by atoms with Gasteiger partial charge in [-0.1, -0.05) is 46.9 Å². The molecule has 0 fully saturated rings. The van der Waals surface area contributed by atoms with Crippen LogP contribution in [0.4, 0.5) is 13.2 Å². The van der Waals surface area contributed by atoms with E-state index in [9.17, 15) is 23.1 Å². The second-order valence-corrected chi connectivity index (χ2v) is 9.16. The predicted molar refractivity (Wildman–Crippen MR) is 132 cm³/mol. The molecular weight excluding hydrogens is 540 g/mol. The van der Waals surface area contributed by atoms with Gasteiger partial charge in [-0.3, -0.25) is 14.8 Å². The van der Waals surface area contributed by atoms with Crippen LogP contribution in [-0.4, -0.2) is 57.1 Å². The highest BCUT2D eigenvalue weighted by molar-refractivity contribution is 6.43. The molecule has 0 saturated carbocycles. The molecule has 0 aliphatic carbocycles. The third-order valence-electron chi connectivity index (χ3n) is 5.49. The number of hydrazone groups is 1. The highest BCUT2D eigenvalue weighted by atomic mass is 35.5. The SMILES string of the molecule is O=CC1N(Cc2ccnc(-c3cccc(Cl)c3Cl)c2)N=C(c2ccc(Cl)cc2)N1C[C@H](O)C(F)(F)F. The van der Waals surface area contributed by atoms with Gasteiger partial charge in [-0.25, -0.2) is 0 Å². The van der Waals surface area contributed by atoms with Crippen molar-refractivity contribution in [3.63, 3.8) is 0 Å². The summed E-state index contributed by atoms with van der Waals surface area (Å²) in [6, 6.07) is 14.8. The second kappa shape index (κ2) is 10.6. The van der Waals surface area contributed by atoms with E-state index in [4.69, 9.17) is 34.8 Å². The Kier molecular flexibility index (Phi) is 7.75. The monoisotopic (exact) mass is 556 g/mol. The Morgan fingerprint density at radius 3 is 2.47 bits per heavy atom. The Morgan fingerprint density at radius 1 is 1.08 bits per heavy atom. The topological polar surface area (TPSA) is 69.0 Å². The first-order valence-electron chi connectivity index (χ1n) is 10.6. The number of halogens is 6. The molecule has 1 aromatic heterocycles. The lowest BCUT2D eigenvalue weighted by molar-refractivity contribution is -0.207. The van der Waals surface area contributed by atoms with E-state index < -0.39 is 25.0 Å². The van der Waals surface area contributed by atoms with E-state index in [1.54, 1.807) is 60.8 Å². The smallest absolute Gasteiger partial charge is 0.382 e. The van der Waals surface area contributed by atoms with Crippen LogP contribution in [0.1, 0.15) is 11.1 Å². The number of hydrogen-bond acceptors (Lipinski definition) is 6. The van der Waals surface area contributed by atoms with Crippen molar-refractivity contribution < 1.29 is 23.1 Å². The third kappa shape index (κ3) is 5.59. The van der Waals surface area contributed by atoms with E-state index >= 15 is 0 Å². The molecule has 0 radical (unpaired) electrons. The predicted octanol–water partition coefficient (Wildman–Crippen LogP) is 5.64. The number of amidine groups is 1. The van der Waals surface area contributed by atoms with Gasteiger partial charge >= 0.3 is 6.18 Å². The van der Waals surface area contributed by atoms with Crippen LogP contribution < -0.4 is 0 Å². The number of aldehydes is 1. The molecule has 6 nitrogen and oxygen atoms in total. The average molecular weight is 558 g/mol. The third-order valence-corrected chi connectivity index (χ3v) is 6.56. The first-order chi connectivity index (χ1) is 17.1. The van der Waals surface area contributed by atoms with E-state index in [0.29, 0.717) is 43.7 Å². The van der Waals surface area contributed by atoms with Crippen molar-refractivity contribution in [2.45, 2.75) is 25.0 Å². The minimum atomic E-state index is -4.87. The number of benzene rings is 2. The number of aromatic nitrogens is 1. The van der Waals surface area contributed by atoms with Crippen molar-refractivity contribution in [3.8, 4) is 11.3 Å². The molecule has 2 atom stereocenters. The van der Waals surface area contributed by atoms with Gasteiger partial charge in [-0.05, 0) is 48.0 Å². The molecule has 1 aliphatic heterocycles. The zero-order chi connectivity index (χ0) is 26.0. The van der Waals surface area contributed by atoms with Crippen molar-refractivity contribution in [3.05, 3.63) is 87.0 Å². The van der Waals surface area contributed by atoms with Gasteiger partial charge in [0.1, 0.15) is 0 Å². The largest absolute Gasteiger partial charge is 0.416 e. The number of pyridine rings is 1. The molecular formula is C24H18Cl3F3N4O2. The Labute approximate surface area is 219 Å². The van der Waals surface area contributed by atoms with E-state index in [-0.39, 0.29) is 12.4 Å². The molecule has 0 spiro atoms. The van der Waals surface area contributed by atoms with Crippen LogP contribution in [0.25, 0.3) is 11.3 Å². The number of alkyl halides is 3. The lowest BCUT2D eigenvalue weighted by Gasteiger charge is -2.30. The summed E-state index contributed by atoms with van der Waals surface area (Å²) < 4.78 is 39.5. The molecule has 0 amide bonds. The molecule has 4 rings (SSSR count). The van der Waals surface area contributed by atoms with Gasteiger partial charge in [-0.15, -0.1) is 0 Å². The number of carbonyl (C=O) groups is 1. The molecule has 2 aromatic carbocycles. The maximum Gasteiger partial charge on any atom is 0.416 e. The molecule has 1 N–H and O–H groups in total. The number of hydrogen-bond donors (Lipinski definition) is 1. The van der Waals surface area contributed by atoms with Crippen molar-refractivity contribution in [2.24, 2.45) is 5.10 Å². The second-order valence-electron chi connectivity index (χ2n) is 7.94. The highest BCUT2D eigenvalue weighted by Crippen LogP contribution is 2.33. The average Bonchev–Trinajstić information content (AvgIpc) is 3.17. The number of nitrogens with zero attached hydrogens (tertiary/aromatic N) is 4.